The van der Waals surface area contributed by atoms with Gasteiger partial charge >= 0.3 is 5.69 Å². The van der Waals surface area contributed by atoms with E-state index in [1.165, 1.54) is 29.9 Å². The summed E-state index contributed by atoms with van der Waals surface area (Å²) in [5.41, 5.74) is -1.13. The molecular formula is C12H20N4O4S. The minimum absolute atomic E-state index is 0.169. The van der Waals surface area contributed by atoms with E-state index in [2.05, 4.69) is 0 Å². The Morgan fingerprint density at radius 3 is 1.95 bits per heavy atom. The van der Waals surface area contributed by atoms with Crippen molar-refractivity contribution >= 4 is 10.0 Å². The van der Waals surface area contributed by atoms with Crippen LogP contribution in [0.15, 0.2) is 14.5 Å². The van der Waals surface area contributed by atoms with Crippen molar-refractivity contribution in [2.24, 2.45) is 14.1 Å². The topological polar surface area (TPSA) is 84.6 Å². The van der Waals surface area contributed by atoms with Crippen LogP contribution in [0.4, 0.5) is 0 Å². The number of nitrogens with zero attached hydrogens (tertiary/aromatic N) is 4. The molecule has 0 aliphatic carbocycles. The third kappa shape index (κ3) is 2.56. The van der Waals surface area contributed by atoms with Gasteiger partial charge in [0.2, 0.25) is 10.0 Å². The van der Waals surface area contributed by atoms with E-state index in [0.717, 1.165) is 4.57 Å². The average Bonchev–Trinajstić information content (AvgIpc) is 2.43. The predicted octanol–water partition coefficient (Wildman–Crippen LogP) is -1.67. The van der Waals surface area contributed by atoms with Gasteiger partial charge in [-0.05, 0) is 14.0 Å². The molecule has 1 aromatic rings. The first kappa shape index (κ1) is 15.9. The van der Waals surface area contributed by atoms with Crippen molar-refractivity contribution in [1.29, 1.82) is 0 Å². The molecule has 1 fully saturated rings. The van der Waals surface area contributed by atoms with Crippen LogP contribution in [0.1, 0.15) is 5.69 Å². The van der Waals surface area contributed by atoms with Crippen LogP contribution >= 0.6 is 0 Å². The molecule has 0 amide bonds. The van der Waals surface area contributed by atoms with Crippen LogP contribution in [-0.4, -0.2) is 60.0 Å². The standard InChI is InChI=1S/C12H20N4O4S/c1-9-10(11(17)15(4)12(18)14(9)3)21(19,20)16-7-5-13(2)6-8-16/h5-8H2,1-4H3. The molecule has 8 nitrogen and oxygen atoms in total. The lowest BCUT2D eigenvalue weighted by Gasteiger charge is -2.31. The van der Waals surface area contributed by atoms with Gasteiger partial charge in [0.1, 0.15) is 0 Å². The number of piperazine rings is 1. The lowest BCUT2D eigenvalue weighted by molar-refractivity contribution is 0.222. The van der Waals surface area contributed by atoms with Crippen molar-refractivity contribution in [1.82, 2.24) is 18.3 Å². The van der Waals surface area contributed by atoms with E-state index in [0.29, 0.717) is 26.2 Å². The Hall–Kier alpha value is -1.45. The van der Waals surface area contributed by atoms with Gasteiger partial charge in [-0.3, -0.25) is 13.9 Å². The zero-order valence-electron chi connectivity index (χ0n) is 12.7. The molecule has 1 aromatic heterocycles. The van der Waals surface area contributed by atoms with E-state index in [1.54, 1.807) is 0 Å². The molecule has 2 rings (SSSR count). The number of rotatable bonds is 2. The van der Waals surface area contributed by atoms with E-state index < -0.39 is 21.3 Å². The molecule has 21 heavy (non-hydrogen) atoms. The highest BCUT2D eigenvalue weighted by molar-refractivity contribution is 7.89. The number of hydrogen-bond acceptors (Lipinski definition) is 5. The van der Waals surface area contributed by atoms with Crippen LogP contribution in [0.25, 0.3) is 0 Å². The van der Waals surface area contributed by atoms with Crippen molar-refractivity contribution in [3.8, 4) is 0 Å². The van der Waals surface area contributed by atoms with Crippen LogP contribution in [0.5, 0.6) is 0 Å². The van der Waals surface area contributed by atoms with E-state index >= 15 is 0 Å². The van der Waals surface area contributed by atoms with E-state index in [1.807, 2.05) is 11.9 Å². The van der Waals surface area contributed by atoms with Gasteiger partial charge in [0.25, 0.3) is 5.56 Å². The van der Waals surface area contributed by atoms with Crippen molar-refractivity contribution in [2.75, 3.05) is 33.2 Å². The van der Waals surface area contributed by atoms with Crippen LogP contribution < -0.4 is 11.2 Å². The van der Waals surface area contributed by atoms with Gasteiger partial charge in [0.05, 0.1) is 0 Å². The summed E-state index contributed by atoms with van der Waals surface area (Å²) in [7, 11) is 0.765. The van der Waals surface area contributed by atoms with E-state index in [-0.39, 0.29) is 10.6 Å². The molecule has 0 aromatic carbocycles. The second-order valence-corrected chi connectivity index (χ2v) is 7.20. The minimum Gasteiger partial charge on any atom is -0.304 e. The quantitative estimate of drug-likeness (QED) is 0.651. The maximum atomic E-state index is 12.7. The molecule has 0 bridgehead atoms. The third-order valence-electron chi connectivity index (χ3n) is 3.96. The number of hydrogen-bond donors (Lipinski definition) is 0. The Kier molecular flexibility index (Phi) is 4.09. The summed E-state index contributed by atoms with van der Waals surface area (Å²) >= 11 is 0. The van der Waals surface area contributed by atoms with Gasteiger partial charge in [0, 0.05) is 46.0 Å². The SMILES string of the molecule is Cc1c(S(=O)(=O)N2CCN(C)CC2)c(=O)n(C)c(=O)n1C. The monoisotopic (exact) mass is 316 g/mol. The summed E-state index contributed by atoms with van der Waals surface area (Å²) in [6.07, 6.45) is 0. The Morgan fingerprint density at radius 2 is 1.43 bits per heavy atom. The van der Waals surface area contributed by atoms with Crippen LogP contribution in [0.2, 0.25) is 0 Å². The maximum Gasteiger partial charge on any atom is 0.330 e. The molecule has 2 heterocycles. The molecule has 118 valence electrons. The second kappa shape index (κ2) is 5.39. The molecule has 0 N–H and O–H groups in total. The Labute approximate surface area is 123 Å². The summed E-state index contributed by atoms with van der Waals surface area (Å²) < 4.78 is 28.8. The first-order valence-corrected chi connectivity index (χ1v) is 8.07. The molecule has 0 spiro atoms. The molecule has 1 aliphatic heterocycles. The van der Waals surface area contributed by atoms with Gasteiger partial charge < -0.3 is 4.90 Å². The summed E-state index contributed by atoms with van der Waals surface area (Å²) in [5.74, 6) is 0. The third-order valence-corrected chi connectivity index (χ3v) is 6.00. The number of sulfonamides is 1. The fourth-order valence-corrected chi connectivity index (χ4v) is 4.14. The predicted molar refractivity (Wildman–Crippen MR) is 77.9 cm³/mol. The highest BCUT2D eigenvalue weighted by Gasteiger charge is 2.32. The lowest BCUT2D eigenvalue weighted by atomic mass is 10.4. The summed E-state index contributed by atoms with van der Waals surface area (Å²) in [5, 5.41) is 0. The van der Waals surface area contributed by atoms with Gasteiger partial charge in [-0.15, -0.1) is 0 Å². The molecule has 0 atom stereocenters. The highest BCUT2D eigenvalue weighted by Crippen LogP contribution is 2.16. The van der Waals surface area contributed by atoms with Crippen LogP contribution in [0.3, 0.4) is 0 Å². The first-order chi connectivity index (χ1) is 9.67. The van der Waals surface area contributed by atoms with Crippen LogP contribution in [0, 0.1) is 6.92 Å². The van der Waals surface area contributed by atoms with Gasteiger partial charge in [-0.2, -0.15) is 4.31 Å². The van der Waals surface area contributed by atoms with Gasteiger partial charge in [0.15, 0.2) is 4.90 Å². The van der Waals surface area contributed by atoms with Crippen molar-refractivity contribution in [2.45, 2.75) is 11.8 Å². The van der Waals surface area contributed by atoms with Gasteiger partial charge in [-0.25, -0.2) is 13.2 Å². The number of aromatic nitrogens is 2. The van der Waals surface area contributed by atoms with Gasteiger partial charge in [-0.1, -0.05) is 0 Å². The van der Waals surface area contributed by atoms with E-state index in [4.69, 9.17) is 0 Å². The first-order valence-electron chi connectivity index (χ1n) is 6.63. The molecule has 0 unspecified atom stereocenters. The van der Waals surface area contributed by atoms with Crippen molar-refractivity contribution in [3.05, 3.63) is 26.5 Å². The van der Waals surface area contributed by atoms with E-state index in [9.17, 15) is 18.0 Å². The molecule has 1 saturated heterocycles. The normalized spacial score (nSPS) is 18.1. The lowest BCUT2D eigenvalue weighted by Crippen LogP contribution is -2.50. The molecular weight excluding hydrogens is 296 g/mol. The summed E-state index contributed by atoms with van der Waals surface area (Å²) in [4.78, 5) is 25.8. The zero-order chi connectivity index (χ0) is 15.9. The molecule has 0 radical (unpaired) electrons. The largest absolute Gasteiger partial charge is 0.330 e. The van der Waals surface area contributed by atoms with Crippen molar-refractivity contribution < 1.29 is 8.42 Å². The highest BCUT2D eigenvalue weighted by atomic mass is 32.2. The average molecular weight is 316 g/mol. The molecule has 1 aliphatic rings. The fraction of sp³-hybridized carbons (Fsp3) is 0.667. The Morgan fingerprint density at radius 1 is 0.905 bits per heavy atom. The molecule has 9 heteroatoms. The Balaban J connectivity index is 2.61. The summed E-state index contributed by atoms with van der Waals surface area (Å²) in [6.45, 7) is 3.38. The summed E-state index contributed by atoms with van der Waals surface area (Å²) in [6, 6.07) is 0. The van der Waals surface area contributed by atoms with Crippen LogP contribution in [-0.2, 0) is 24.1 Å². The zero-order valence-corrected chi connectivity index (χ0v) is 13.5. The smallest absolute Gasteiger partial charge is 0.304 e. The number of likely N-dealkylation sites (N-methyl/N-ethyl adjacent to an activating group) is 1. The maximum absolute atomic E-state index is 12.7. The Bertz CT molecular complexity index is 770. The second-order valence-electron chi connectivity index (χ2n) is 5.33. The fourth-order valence-electron chi connectivity index (χ4n) is 2.37. The molecule has 0 saturated carbocycles. The minimum atomic E-state index is -3.89. The van der Waals surface area contributed by atoms with Crippen molar-refractivity contribution in [3.63, 3.8) is 0 Å².